The number of carbonyl (C=O) groups excluding carboxylic acids is 1. The van der Waals surface area contributed by atoms with E-state index in [9.17, 15) is 9.18 Å². The summed E-state index contributed by atoms with van der Waals surface area (Å²) >= 11 is 0. The quantitative estimate of drug-likeness (QED) is 0.700. The molecule has 2 aromatic carbocycles. The SMILES string of the molecule is Cc1ccc(Nc2ccc(C(=O)NCCc3ccc(F)cc3)nc2)cc1. The summed E-state index contributed by atoms with van der Waals surface area (Å²) < 4.78 is 12.9. The first-order chi connectivity index (χ1) is 12.6. The van der Waals surface area contributed by atoms with E-state index in [1.807, 2.05) is 37.3 Å². The van der Waals surface area contributed by atoms with Crippen LogP contribution >= 0.6 is 0 Å². The maximum Gasteiger partial charge on any atom is 0.269 e. The molecule has 0 bridgehead atoms. The Morgan fingerprint density at radius 2 is 1.65 bits per heavy atom. The van der Waals surface area contributed by atoms with Crippen molar-refractivity contribution >= 4 is 17.3 Å². The van der Waals surface area contributed by atoms with Crippen LogP contribution < -0.4 is 10.6 Å². The molecular formula is C21H20FN3O. The molecule has 5 heteroatoms. The van der Waals surface area contributed by atoms with Crippen LogP contribution in [0.2, 0.25) is 0 Å². The van der Waals surface area contributed by atoms with E-state index in [1.54, 1.807) is 24.4 Å². The standard InChI is InChI=1S/C21H20FN3O/c1-15-2-8-18(9-3-15)25-19-10-11-20(24-14-19)21(26)23-13-12-16-4-6-17(22)7-5-16/h2-11,14,25H,12-13H2,1H3,(H,23,26). The Hall–Kier alpha value is -3.21. The number of hydrogen-bond donors (Lipinski definition) is 2. The van der Waals surface area contributed by atoms with Gasteiger partial charge in [0.1, 0.15) is 11.5 Å². The summed E-state index contributed by atoms with van der Waals surface area (Å²) in [5.41, 5.74) is 4.31. The molecule has 4 nitrogen and oxygen atoms in total. The third-order valence-corrected chi connectivity index (χ3v) is 3.95. The van der Waals surface area contributed by atoms with Crippen molar-refractivity contribution in [2.75, 3.05) is 11.9 Å². The lowest BCUT2D eigenvalue weighted by Crippen LogP contribution is -2.26. The van der Waals surface area contributed by atoms with Gasteiger partial charge in [-0.1, -0.05) is 29.8 Å². The van der Waals surface area contributed by atoms with Gasteiger partial charge in [-0.2, -0.15) is 0 Å². The summed E-state index contributed by atoms with van der Waals surface area (Å²) in [6, 6.07) is 17.8. The topological polar surface area (TPSA) is 54.0 Å². The average Bonchev–Trinajstić information content (AvgIpc) is 2.66. The third kappa shape index (κ3) is 4.89. The Labute approximate surface area is 152 Å². The summed E-state index contributed by atoms with van der Waals surface area (Å²) in [6.45, 7) is 2.50. The number of nitrogens with one attached hydrogen (secondary N) is 2. The van der Waals surface area contributed by atoms with Crippen molar-refractivity contribution in [2.45, 2.75) is 13.3 Å². The van der Waals surface area contributed by atoms with E-state index in [4.69, 9.17) is 0 Å². The second-order valence-electron chi connectivity index (χ2n) is 6.06. The molecule has 1 heterocycles. The van der Waals surface area contributed by atoms with Gasteiger partial charge in [0.05, 0.1) is 11.9 Å². The van der Waals surface area contributed by atoms with E-state index in [0.29, 0.717) is 18.7 Å². The molecule has 0 unspecified atom stereocenters. The number of hydrogen-bond acceptors (Lipinski definition) is 3. The fourth-order valence-electron chi connectivity index (χ4n) is 2.47. The van der Waals surface area contributed by atoms with Crippen molar-refractivity contribution in [1.82, 2.24) is 10.3 Å². The number of carbonyl (C=O) groups is 1. The zero-order valence-electron chi connectivity index (χ0n) is 14.5. The fourth-order valence-corrected chi connectivity index (χ4v) is 2.47. The zero-order valence-corrected chi connectivity index (χ0v) is 14.5. The Bertz CT molecular complexity index is 859. The van der Waals surface area contributed by atoms with Gasteiger partial charge in [-0.3, -0.25) is 4.79 Å². The minimum absolute atomic E-state index is 0.228. The monoisotopic (exact) mass is 349 g/mol. The molecule has 0 saturated heterocycles. The number of amides is 1. The van der Waals surface area contributed by atoms with E-state index in [1.165, 1.54) is 17.7 Å². The van der Waals surface area contributed by atoms with Crippen molar-refractivity contribution in [3.8, 4) is 0 Å². The van der Waals surface area contributed by atoms with Gasteiger partial charge in [-0.25, -0.2) is 9.37 Å². The second kappa shape index (κ2) is 8.25. The smallest absolute Gasteiger partial charge is 0.269 e. The van der Waals surface area contributed by atoms with E-state index < -0.39 is 0 Å². The molecule has 26 heavy (non-hydrogen) atoms. The van der Waals surface area contributed by atoms with Crippen LogP contribution in [0.25, 0.3) is 0 Å². The number of anilines is 2. The minimum Gasteiger partial charge on any atom is -0.354 e. The van der Waals surface area contributed by atoms with Crippen LogP contribution in [0.15, 0.2) is 66.9 Å². The van der Waals surface area contributed by atoms with Crippen LogP contribution in [0.4, 0.5) is 15.8 Å². The fraction of sp³-hybridized carbons (Fsp3) is 0.143. The molecule has 0 saturated carbocycles. The summed E-state index contributed by atoms with van der Waals surface area (Å²) in [7, 11) is 0. The molecule has 1 amide bonds. The highest BCUT2D eigenvalue weighted by molar-refractivity contribution is 5.92. The first kappa shape index (κ1) is 17.6. The van der Waals surface area contributed by atoms with Gasteiger partial charge in [-0.15, -0.1) is 0 Å². The molecule has 0 spiro atoms. The van der Waals surface area contributed by atoms with Gasteiger partial charge in [0, 0.05) is 12.2 Å². The van der Waals surface area contributed by atoms with E-state index in [0.717, 1.165) is 16.9 Å². The molecule has 3 aromatic rings. The largest absolute Gasteiger partial charge is 0.354 e. The van der Waals surface area contributed by atoms with E-state index in [2.05, 4.69) is 15.6 Å². The number of aromatic nitrogens is 1. The van der Waals surface area contributed by atoms with Crippen molar-refractivity contribution < 1.29 is 9.18 Å². The number of benzene rings is 2. The number of pyridine rings is 1. The lowest BCUT2D eigenvalue weighted by molar-refractivity contribution is 0.0949. The zero-order chi connectivity index (χ0) is 18.4. The summed E-state index contributed by atoms with van der Waals surface area (Å²) in [5, 5.41) is 6.06. The van der Waals surface area contributed by atoms with Crippen molar-refractivity contribution in [1.29, 1.82) is 0 Å². The Balaban J connectivity index is 1.51. The molecule has 2 N–H and O–H groups in total. The molecule has 132 valence electrons. The van der Waals surface area contributed by atoms with E-state index >= 15 is 0 Å². The minimum atomic E-state index is -0.263. The van der Waals surface area contributed by atoms with Gasteiger partial charge in [0.15, 0.2) is 0 Å². The predicted molar refractivity (Wildman–Crippen MR) is 101 cm³/mol. The van der Waals surface area contributed by atoms with E-state index in [-0.39, 0.29) is 11.7 Å². The van der Waals surface area contributed by atoms with Crippen molar-refractivity contribution in [3.05, 3.63) is 89.5 Å². The molecule has 3 rings (SSSR count). The normalized spacial score (nSPS) is 10.4. The lowest BCUT2D eigenvalue weighted by Gasteiger charge is -2.08. The van der Waals surface area contributed by atoms with Gasteiger partial charge in [-0.05, 0) is 55.3 Å². The second-order valence-corrected chi connectivity index (χ2v) is 6.06. The average molecular weight is 349 g/mol. The van der Waals surface area contributed by atoms with Crippen LogP contribution in [-0.4, -0.2) is 17.4 Å². The summed E-state index contributed by atoms with van der Waals surface area (Å²) in [4.78, 5) is 16.3. The maximum atomic E-state index is 12.9. The summed E-state index contributed by atoms with van der Waals surface area (Å²) in [5.74, 6) is -0.490. The first-order valence-electron chi connectivity index (χ1n) is 8.42. The highest BCUT2D eigenvalue weighted by Gasteiger charge is 2.07. The number of aryl methyl sites for hydroxylation is 1. The number of rotatable bonds is 6. The highest BCUT2D eigenvalue weighted by Crippen LogP contribution is 2.16. The number of halogens is 1. The van der Waals surface area contributed by atoms with Crippen LogP contribution in [0.1, 0.15) is 21.6 Å². The maximum absolute atomic E-state index is 12.9. The highest BCUT2D eigenvalue weighted by atomic mass is 19.1. The number of nitrogens with zero attached hydrogens (tertiary/aromatic N) is 1. The molecule has 0 fully saturated rings. The Kier molecular flexibility index (Phi) is 5.59. The first-order valence-corrected chi connectivity index (χ1v) is 8.42. The van der Waals surface area contributed by atoms with Crippen molar-refractivity contribution in [2.24, 2.45) is 0 Å². The molecular weight excluding hydrogens is 329 g/mol. The molecule has 0 radical (unpaired) electrons. The van der Waals surface area contributed by atoms with Crippen molar-refractivity contribution in [3.63, 3.8) is 0 Å². The lowest BCUT2D eigenvalue weighted by atomic mass is 10.1. The van der Waals surface area contributed by atoms with Gasteiger partial charge in [0.2, 0.25) is 0 Å². The Morgan fingerprint density at radius 1 is 0.962 bits per heavy atom. The predicted octanol–water partition coefficient (Wildman–Crippen LogP) is 4.25. The molecule has 1 aromatic heterocycles. The molecule has 0 aliphatic rings. The Morgan fingerprint density at radius 3 is 2.31 bits per heavy atom. The van der Waals surface area contributed by atoms with Gasteiger partial charge in [0.25, 0.3) is 5.91 Å². The molecule has 0 aliphatic heterocycles. The molecule has 0 atom stereocenters. The summed E-state index contributed by atoms with van der Waals surface area (Å²) in [6.07, 6.45) is 2.27. The van der Waals surface area contributed by atoms with Crippen LogP contribution in [0.3, 0.4) is 0 Å². The van der Waals surface area contributed by atoms with Gasteiger partial charge < -0.3 is 10.6 Å². The van der Waals surface area contributed by atoms with Crippen LogP contribution in [-0.2, 0) is 6.42 Å². The van der Waals surface area contributed by atoms with Gasteiger partial charge >= 0.3 is 0 Å². The van der Waals surface area contributed by atoms with Crippen LogP contribution in [0.5, 0.6) is 0 Å². The third-order valence-electron chi connectivity index (χ3n) is 3.95. The molecule has 0 aliphatic carbocycles. The van der Waals surface area contributed by atoms with Crippen LogP contribution in [0, 0.1) is 12.7 Å².